The van der Waals surface area contributed by atoms with Gasteiger partial charge in [0.1, 0.15) is 5.75 Å². The lowest BCUT2D eigenvalue weighted by Gasteiger charge is -2.23. The fourth-order valence-corrected chi connectivity index (χ4v) is 2.65. The average molecular weight is 357 g/mol. The Morgan fingerprint density at radius 1 is 1.00 bits per heavy atom. The molecule has 0 spiro atoms. The van der Waals surface area contributed by atoms with Crippen LogP contribution in [0.25, 0.3) is 0 Å². The SMILES string of the molecule is COc1ccc(CNC(=S)N(C)Cc2ccc(C(C)(C)C)cc2)cc1. The normalized spacial score (nSPS) is 11.1. The Labute approximate surface area is 157 Å². The molecule has 0 aliphatic carbocycles. The van der Waals surface area contributed by atoms with Crippen LogP contribution in [0.15, 0.2) is 48.5 Å². The molecule has 1 N–H and O–H groups in total. The zero-order valence-electron chi connectivity index (χ0n) is 15.8. The van der Waals surface area contributed by atoms with E-state index in [0.29, 0.717) is 6.54 Å². The maximum atomic E-state index is 5.50. The Morgan fingerprint density at radius 2 is 1.56 bits per heavy atom. The van der Waals surface area contributed by atoms with Crippen LogP contribution in [0.4, 0.5) is 0 Å². The van der Waals surface area contributed by atoms with Crippen molar-refractivity contribution < 1.29 is 4.74 Å². The average Bonchev–Trinajstić information content (AvgIpc) is 2.59. The molecular weight excluding hydrogens is 328 g/mol. The van der Waals surface area contributed by atoms with Crippen LogP contribution < -0.4 is 10.1 Å². The molecule has 25 heavy (non-hydrogen) atoms. The first kappa shape index (κ1) is 19.3. The van der Waals surface area contributed by atoms with Gasteiger partial charge in [0.15, 0.2) is 5.11 Å². The van der Waals surface area contributed by atoms with Crippen LogP contribution in [0.5, 0.6) is 5.75 Å². The molecule has 2 rings (SSSR count). The second-order valence-corrected chi connectivity index (χ2v) is 7.70. The van der Waals surface area contributed by atoms with E-state index in [1.165, 1.54) is 16.7 Å². The monoisotopic (exact) mass is 356 g/mol. The molecule has 0 atom stereocenters. The minimum Gasteiger partial charge on any atom is -0.497 e. The van der Waals surface area contributed by atoms with Gasteiger partial charge in [0, 0.05) is 20.1 Å². The van der Waals surface area contributed by atoms with E-state index in [1.54, 1.807) is 7.11 Å². The Morgan fingerprint density at radius 3 is 2.08 bits per heavy atom. The number of rotatable bonds is 5. The summed E-state index contributed by atoms with van der Waals surface area (Å²) in [7, 11) is 3.69. The molecule has 0 unspecified atom stereocenters. The summed E-state index contributed by atoms with van der Waals surface area (Å²) in [5.41, 5.74) is 3.95. The topological polar surface area (TPSA) is 24.5 Å². The van der Waals surface area contributed by atoms with E-state index >= 15 is 0 Å². The molecule has 0 saturated heterocycles. The molecule has 0 amide bonds. The van der Waals surface area contributed by atoms with Crippen LogP contribution >= 0.6 is 12.2 Å². The standard InChI is InChI=1S/C21H28N2OS/c1-21(2,3)18-10-6-17(7-11-18)15-23(4)20(25)22-14-16-8-12-19(24-5)13-9-16/h6-13H,14-15H2,1-5H3,(H,22,25). The van der Waals surface area contributed by atoms with Gasteiger partial charge in [-0.2, -0.15) is 0 Å². The van der Waals surface area contributed by atoms with Crippen molar-refractivity contribution in [3.05, 3.63) is 65.2 Å². The van der Waals surface area contributed by atoms with Gasteiger partial charge in [-0.3, -0.25) is 0 Å². The highest BCUT2D eigenvalue weighted by molar-refractivity contribution is 7.80. The lowest BCUT2D eigenvalue weighted by Crippen LogP contribution is -2.36. The van der Waals surface area contributed by atoms with Crippen LogP contribution in [0.1, 0.15) is 37.5 Å². The lowest BCUT2D eigenvalue weighted by molar-refractivity contribution is 0.414. The summed E-state index contributed by atoms with van der Waals surface area (Å²) in [6.07, 6.45) is 0. The molecule has 134 valence electrons. The summed E-state index contributed by atoms with van der Waals surface area (Å²) >= 11 is 5.50. The fraction of sp³-hybridized carbons (Fsp3) is 0.381. The Balaban J connectivity index is 1.87. The van der Waals surface area contributed by atoms with Gasteiger partial charge in [-0.05, 0) is 46.5 Å². The van der Waals surface area contributed by atoms with Crippen LogP contribution in [-0.4, -0.2) is 24.2 Å². The highest BCUT2D eigenvalue weighted by atomic mass is 32.1. The van der Waals surface area contributed by atoms with Crippen molar-refractivity contribution in [2.24, 2.45) is 0 Å². The zero-order chi connectivity index (χ0) is 18.4. The minimum absolute atomic E-state index is 0.180. The molecule has 4 heteroatoms. The minimum atomic E-state index is 0.180. The quantitative estimate of drug-likeness (QED) is 0.797. The van der Waals surface area contributed by atoms with E-state index in [4.69, 9.17) is 17.0 Å². The molecule has 0 bridgehead atoms. The Kier molecular flexibility index (Phi) is 6.43. The van der Waals surface area contributed by atoms with Crippen LogP contribution in [0, 0.1) is 0 Å². The van der Waals surface area contributed by atoms with Gasteiger partial charge in [-0.1, -0.05) is 57.2 Å². The summed E-state index contributed by atoms with van der Waals surface area (Å²) in [5.74, 6) is 0.863. The molecular formula is C21H28N2OS. The van der Waals surface area contributed by atoms with Gasteiger partial charge >= 0.3 is 0 Å². The number of hydrogen-bond donors (Lipinski definition) is 1. The van der Waals surface area contributed by atoms with E-state index in [2.05, 4.69) is 55.3 Å². The molecule has 2 aromatic carbocycles. The smallest absolute Gasteiger partial charge is 0.169 e. The second kappa shape index (κ2) is 8.34. The van der Waals surface area contributed by atoms with Crippen molar-refractivity contribution in [2.75, 3.05) is 14.2 Å². The van der Waals surface area contributed by atoms with Gasteiger partial charge in [-0.25, -0.2) is 0 Å². The fourth-order valence-electron chi connectivity index (χ4n) is 2.51. The van der Waals surface area contributed by atoms with Gasteiger partial charge < -0.3 is 15.0 Å². The van der Waals surface area contributed by atoms with E-state index in [-0.39, 0.29) is 5.41 Å². The van der Waals surface area contributed by atoms with Crippen molar-refractivity contribution in [1.29, 1.82) is 0 Å². The maximum absolute atomic E-state index is 5.50. The first-order valence-corrected chi connectivity index (χ1v) is 8.92. The van der Waals surface area contributed by atoms with Crippen molar-refractivity contribution >= 4 is 17.3 Å². The number of thiocarbonyl (C=S) groups is 1. The highest BCUT2D eigenvalue weighted by Gasteiger charge is 2.13. The molecule has 0 fully saturated rings. The first-order valence-electron chi connectivity index (χ1n) is 8.51. The van der Waals surface area contributed by atoms with Crippen molar-refractivity contribution in [2.45, 2.75) is 39.3 Å². The van der Waals surface area contributed by atoms with E-state index in [0.717, 1.165) is 17.4 Å². The van der Waals surface area contributed by atoms with Gasteiger partial charge in [0.2, 0.25) is 0 Å². The summed E-state index contributed by atoms with van der Waals surface area (Å²) in [6, 6.07) is 16.8. The number of nitrogens with zero attached hydrogens (tertiary/aromatic N) is 1. The summed E-state index contributed by atoms with van der Waals surface area (Å²) < 4.78 is 5.17. The van der Waals surface area contributed by atoms with Crippen LogP contribution in [0.2, 0.25) is 0 Å². The molecule has 0 heterocycles. The zero-order valence-corrected chi connectivity index (χ0v) is 16.6. The molecule has 0 aromatic heterocycles. The van der Waals surface area contributed by atoms with Gasteiger partial charge in [0.05, 0.1) is 7.11 Å². The summed E-state index contributed by atoms with van der Waals surface area (Å²) in [6.45, 7) is 8.18. The largest absolute Gasteiger partial charge is 0.497 e. The number of benzene rings is 2. The van der Waals surface area contributed by atoms with E-state index in [9.17, 15) is 0 Å². The number of hydrogen-bond acceptors (Lipinski definition) is 2. The maximum Gasteiger partial charge on any atom is 0.169 e. The summed E-state index contributed by atoms with van der Waals surface area (Å²) in [4.78, 5) is 2.06. The number of nitrogens with one attached hydrogen (secondary N) is 1. The third-order valence-electron chi connectivity index (χ3n) is 4.19. The Hall–Kier alpha value is -2.07. The molecule has 0 aliphatic rings. The molecule has 0 radical (unpaired) electrons. The van der Waals surface area contributed by atoms with E-state index < -0.39 is 0 Å². The number of methoxy groups -OCH3 is 1. The lowest BCUT2D eigenvalue weighted by atomic mass is 9.87. The summed E-state index contributed by atoms with van der Waals surface area (Å²) in [5, 5.41) is 4.05. The third-order valence-corrected chi connectivity index (χ3v) is 4.65. The van der Waals surface area contributed by atoms with Crippen LogP contribution in [-0.2, 0) is 18.5 Å². The van der Waals surface area contributed by atoms with E-state index in [1.807, 2.05) is 31.3 Å². The second-order valence-electron chi connectivity index (χ2n) is 7.31. The molecule has 0 saturated carbocycles. The molecule has 2 aromatic rings. The van der Waals surface area contributed by atoms with Crippen molar-refractivity contribution in [3.63, 3.8) is 0 Å². The predicted octanol–water partition coefficient (Wildman–Crippen LogP) is 4.50. The molecule has 0 aliphatic heterocycles. The van der Waals surface area contributed by atoms with Gasteiger partial charge in [0.25, 0.3) is 0 Å². The third kappa shape index (κ3) is 5.75. The van der Waals surface area contributed by atoms with Crippen molar-refractivity contribution in [3.8, 4) is 5.75 Å². The van der Waals surface area contributed by atoms with Crippen molar-refractivity contribution in [1.82, 2.24) is 10.2 Å². The highest BCUT2D eigenvalue weighted by Crippen LogP contribution is 2.22. The van der Waals surface area contributed by atoms with Crippen LogP contribution in [0.3, 0.4) is 0 Å². The number of ether oxygens (including phenoxy) is 1. The predicted molar refractivity (Wildman–Crippen MR) is 109 cm³/mol. The molecule has 3 nitrogen and oxygen atoms in total. The van der Waals surface area contributed by atoms with Gasteiger partial charge in [-0.15, -0.1) is 0 Å². The first-order chi connectivity index (χ1) is 11.8. The Bertz CT molecular complexity index is 687.